The van der Waals surface area contributed by atoms with E-state index in [2.05, 4.69) is 39.2 Å². The Hall–Kier alpha value is -1.40. The molecule has 1 heterocycles. The number of nitrogens with zero attached hydrogens (tertiary/aromatic N) is 1. The first kappa shape index (κ1) is 15.0. The van der Waals surface area contributed by atoms with Crippen molar-refractivity contribution in [2.24, 2.45) is 0 Å². The number of thiazole rings is 1. The molecule has 6 heteroatoms. The van der Waals surface area contributed by atoms with Gasteiger partial charge in [0.25, 0.3) is 0 Å². The lowest BCUT2D eigenvalue weighted by molar-refractivity contribution is 0.0605. The monoisotopic (exact) mass is 354 g/mol. The number of methoxy groups -OCH3 is 1. The predicted octanol–water partition coefficient (Wildman–Crippen LogP) is 4.17. The summed E-state index contributed by atoms with van der Waals surface area (Å²) in [7, 11) is 1.37. The molecule has 1 atom stereocenters. The molecule has 0 aliphatic heterocycles. The zero-order valence-electron chi connectivity index (χ0n) is 11.4. The molecule has 0 aliphatic carbocycles. The molecule has 106 valence electrons. The maximum atomic E-state index is 11.6. The highest BCUT2D eigenvalue weighted by molar-refractivity contribution is 9.10. The smallest absolute Gasteiger partial charge is 0.350 e. The SMILES string of the molecule is COC(=O)c1sc(NC(C)c2cccc(Br)c2)nc1C. The van der Waals surface area contributed by atoms with Gasteiger partial charge in [-0.15, -0.1) is 0 Å². The zero-order chi connectivity index (χ0) is 14.7. The molecule has 0 bridgehead atoms. The molecule has 0 spiro atoms. The number of benzene rings is 1. The van der Waals surface area contributed by atoms with Crippen LogP contribution in [0.1, 0.15) is 33.9 Å². The molecule has 2 rings (SSSR count). The van der Waals surface area contributed by atoms with Crippen molar-refractivity contribution in [3.63, 3.8) is 0 Å². The Morgan fingerprint density at radius 3 is 2.90 bits per heavy atom. The van der Waals surface area contributed by atoms with E-state index in [0.29, 0.717) is 10.6 Å². The van der Waals surface area contributed by atoms with E-state index in [1.165, 1.54) is 18.4 Å². The minimum atomic E-state index is -0.344. The van der Waals surface area contributed by atoms with Crippen LogP contribution in [0.2, 0.25) is 0 Å². The summed E-state index contributed by atoms with van der Waals surface area (Å²) in [6, 6.07) is 8.18. The minimum absolute atomic E-state index is 0.101. The number of nitrogens with one attached hydrogen (secondary N) is 1. The van der Waals surface area contributed by atoms with E-state index in [-0.39, 0.29) is 12.0 Å². The van der Waals surface area contributed by atoms with Gasteiger partial charge in [0.05, 0.1) is 18.8 Å². The van der Waals surface area contributed by atoms with Crippen LogP contribution in [0.3, 0.4) is 0 Å². The molecule has 0 fully saturated rings. The Bertz CT molecular complexity index is 627. The third-order valence-electron chi connectivity index (χ3n) is 2.86. The summed E-state index contributed by atoms with van der Waals surface area (Å²) in [6.07, 6.45) is 0. The highest BCUT2D eigenvalue weighted by Crippen LogP contribution is 2.27. The molecule has 2 aromatic rings. The van der Waals surface area contributed by atoms with E-state index in [1.807, 2.05) is 18.2 Å². The molecule has 1 aromatic heterocycles. The molecule has 1 N–H and O–H groups in total. The van der Waals surface area contributed by atoms with Gasteiger partial charge in [0.15, 0.2) is 5.13 Å². The van der Waals surface area contributed by atoms with Crippen molar-refractivity contribution in [1.29, 1.82) is 0 Å². The maximum absolute atomic E-state index is 11.6. The fourth-order valence-corrected chi connectivity index (χ4v) is 3.17. The van der Waals surface area contributed by atoms with Gasteiger partial charge in [-0.25, -0.2) is 9.78 Å². The predicted molar refractivity (Wildman–Crippen MR) is 84.4 cm³/mol. The lowest BCUT2D eigenvalue weighted by atomic mass is 10.1. The fourth-order valence-electron chi connectivity index (χ4n) is 1.78. The van der Waals surface area contributed by atoms with E-state index in [1.54, 1.807) is 6.92 Å². The van der Waals surface area contributed by atoms with E-state index in [9.17, 15) is 4.79 Å². The van der Waals surface area contributed by atoms with Crippen LogP contribution in [0.15, 0.2) is 28.7 Å². The maximum Gasteiger partial charge on any atom is 0.350 e. The Labute approximate surface area is 130 Å². The molecule has 0 aliphatic rings. The molecule has 0 saturated heterocycles. The van der Waals surface area contributed by atoms with Gasteiger partial charge in [-0.05, 0) is 31.5 Å². The summed E-state index contributed by atoms with van der Waals surface area (Å²) in [4.78, 5) is 16.5. The van der Waals surface area contributed by atoms with E-state index in [4.69, 9.17) is 4.74 Å². The first-order chi connectivity index (χ1) is 9.51. The van der Waals surface area contributed by atoms with Crippen LogP contribution >= 0.6 is 27.3 Å². The van der Waals surface area contributed by atoms with Crippen molar-refractivity contribution >= 4 is 38.4 Å². The van der Waals surface area contributed by atoms with E-state index < -0.39 is 0 Å². The van der Waals surface area contributed by atoms with Crippen molar-refractivity contribution in [2.45, 2.75) is 19.9 Å². The zero-order valence-corrected chi connectivity index (χ0v) is 13.8. The minimum Gasteiger partial charge on any atom is -0.465 e. The number of aromatic nitrogens is 1. The number of esters is 1. The number of anilines is 1. The van der Waals surface area contributed by atoms with E-state index >= 15 is 0 Å². The van der Waals surface area contributed by atoms with Crippen LogP contribution < -0.4 is 5.32 Å². The third kappa shape index (κ3) is 3.37. The third-order valence-corrected chi connectivity index (χ3v) is 4.42. The average molecular weight is 355 g/mol. The van der Waals surface area contributed by atoms with Crippen LogP contribution in [-0.2, 0) is 4.74 Å². The van der Waals surface area contributed by atoms with Gasteiger partial charge in [0.2, 0.25) is 0 Å². The molecule has 0 amide bonds. The largest absolute Gasteiger partial charge is 0.465 e. The average Bonchev–Trinajstić information content (AvgIpc) is 2.78. The summed E-state index contributed by atoms with van der Waals surface area (Å²) in [5.41, 5.74) is 1.83. The quantitative estimate of drug-likeness (QED) is 0.837. The second-order valence-corrected chi connectivity index (χ2v) is 6.26. The highest BCUT2D eigenvalue weighted by Gasteiger charge is 2.17. The van der Waals surface area contributed by atoms with Crippen LogP contribution in [0, 0.1) is 6.92 Å². The second-order valence-electron chi connectivity index (χ2n) is 4.35. The van der Waals surface area contributed by atoms with Gasteiger partial charge in [0, 0.05) is 4.47 Å². The van der Waals surface area contributed by atoms with Crippen molar-refractivity contribution in [2.75, 3.05) is 12.4 Å². The van der Waals surface area contributed by atoms with E-state index in [0.717, 1.165) is 15.2 Å². The van der Waals surface area contributed by atoms with Gasteiger partial charge in [-0.2, -0.15) is 0 Å². The van der Waals surface area contributed by atoms with Gasteiger partial charge < -0.3 is 10.1 Å². The van der Waals surface area contributed by atoms with Gasteiger partial charge in [0.1, 0.15) is 4.88 Å². The van der Waals surface area contributed by atoms with Crippen LogP contribution in [0.5, 0.6) is 0 Å². The number of hydrogen-bond donors (Lipinski definition) is 1. The van der Waals surface area contributed by atoms with Gasteiger partial charge in [-0.3, -0.25) is 0 Å². The number of rotatable bonds is 4. The molecular formula is C14H15BrN2O2S. The molecular weight excluding hydrogens is 340 g/mol. The Morgan fingerprint density at radius 2 is 2.25 bits per heavy atom. The van der Waals surface area contributed by atoms with Crippen molar-refractivity contribution < 1.29 is 9.53 Å². The van der Waals surface area contributed by atoms with Gasteiger partial charge >= 0.3 is 5.97 Å². The lowest BCUT2D eigenvalue weighted by Crippen LogP contribution is -2.06. The number of ether oxygens (including phenoxy) is 1. The highest BCUT2D eigenvalue weighted by atomic mass is 79.9. The Morgan fingerprint density at radius 1 is 1.50 bits per heavy atom. The first-order valence-corrected chi connectivity index (χ1v) is 7.70. The number of carbonyl (C=O) groups excluding carboxylic acids is 1. The normalized spacial score (nSPS) is 12.0. The van der Waals surface area contributed by atoms with Gasteiger partial charge in [-0.1, -0.05) is 39.4 Å². The summed E-state index contributed by atoms with van der Waals surface area (Å²) in [6.45, 7) is 3.86. The Kier molecular flexibility index (Phi) is 4.77. The first-order valence-electron chi connectivity index (χ1n) is 6.09. The molecule has 1 unspecified atom stereocenters. The molecule has 1 aromatic carbocycles. The molecule has 0 saturated carbocycles. The second kappa shape index (κ2) is 6.37. The van der Waals surface area contributed by atoms with Crippen molar-refractivity contribution in [3.05, 3.63) is 44.9 Å². The summed E-state index contributed by atoms with van der Waals surface area (Å²) >= 11 is 4.77. The summed E-state index contributed by atoms with van der Waals surface area (Å²) in [5, 5.41) is 4.02. The van der Waals surface area contributed by atoms with Crippen molar-refractivity contribution in [1.82, 2.24) is 4.98 Å². The number of carbonyl (C=O) groups is 1. The van der Waals surface area contributed by atoms with Crippen molar-refractivity contribution in [3.8, 4) is 0 Å². The lowest BCUT2D eigenvalue weighted by Gasteiger charge is -2.13. The standard InChI is InChI=1S/C14H15BrN2O2S/c1-8(10-5-4-6-11(15)7-10)16-14-17-9(2)12(20-14)13(18)19-3/h4-8H,1-3H3,(H,16,17). The molecule has 4 nitrogen and oxygen atoms in total. The summed E-state index contributed by atoms with van der Waals surface area (Å²) in [5.74, 6) is -0.344. The Balaban J connectivity index is 2.16. The van der Waals surface area contributed by atoms with Crippen LogP contribution in [0.4, 0.5) is 5.13 Å². The number of hydrogen-bond acceptors (Lipinski definition) is 5. The van der Waals surface area contributed by atoms with Crippen LogP contribution in [0.25, 0.3) is 0 Å². The molecule has 0 radical (unpaired) electrons. The fraction of sp³-hybridized carbons (Fsp3) is 0.286. The summed E-state index contributed by atoms with van der Waals surface area (Å²) < 4.78 is 5.77. The number of aryl methyl sites for hydroxylation is 1. The van der Waals surface area contributed by atoms with Crippen LogP contribution in [-0.4, -0.2) is 18.1 Å². The topological polar surface area (TPSA) is 51.2 Å². The number of halogens is 1. The molecule has 20 heavy (non-hydrogen) atoms.